The minimum absolute atomic E-state index is 0. The van der Waals surface area contributed by atoms with Crippen molar-refractivity contribution in [2.24, 2.45) is 11.8 Å². The van der Waals surface area contributed by atoms with Crippen LogP contribution in [0.1, 0.15) is 26.8 Å². The second kappa shape index (κ2) is 6.77. The molecule has 2 nitrogen and oxygen atoms in total. The number of fused-ring (bicyclic) bond motifs is 1. The van der Waals surface area contributed by atoms with Crippen molar-refractivity contribution in [3.8, 4) is 0 Å². The summed E-state index contributed by atoms with van der Waals surface area (Å²) in [7, 11) is 0. The molecule has 1 aromatic rings. The summed E-state index contributed by atoms with van der Waals surface area (Å²) in [5.74, 6) is 1.62. The van der Waals surface area contributed by atoms with Gasteiger partial charge in [0, 0.05) is 18.9 Å². The summed E-state index contributed by atoms with van der Waals surface area (Å²) in [5, 5.41) is 3.44. The third-order valence-electron chi connectivity index (χ3n) is 3.34. The molecular weight excluding hydrogens is 232 g/mol. The highest BCUT2D eigenvalue weighted by molar-refractivity contribution is 5.85. The van der Waals surface area contributed by atoms with Gasteiger partial charge >= 0.3 is 0 Å². The minimum atomic E-state index is 0. The first-order valence-electron chi connectivity index (χ1n) is 5.25. The smallest absolute Gasteiger partial charge is 0.0273 e. The summed E-state index contributed by atoms with van der Waals surface area (Å²) in [6.45, 7) is 2.36. The van der Waals surface area contributed by atoms with Crippen LogP contribution in [0.2, 0.25) is 0 Å². The van der Waals surface area contributed by atoms with Gasteiger partial charge in [-0.05, 0) is 48.1 Å². The fraction of sp³-hybridized carbons (Fsp3) is 0.500. The van der Waals surface area contributed by atoms with Crippen LogP contribution in [0.25, 0.3) is 5.57 Å². The van der Waals surface area contributed by atoms with Crippen LogP contribution in [0.15, 0.2) is 30.6 Å². The third kappa shape index (κ3) is 3.08. The molecule has 3 rings (SSSR count). The number of allylic oxidation sites excluding steroid dienone is 1. The Balaban J connectivity index is 0.000000853. The number of halogens is 1. The lowest BCUT2D eigenvalue weighted by atomic mass is 9.99. The second-order valence-electron chi connectivity index (χ2n) is 4.21. The maximum Gasteiger partial charge on any atom is 0.0273 e. The zero-order chi connectivity index (χ0) is 9.38. The fourth-order valence-electron chi connectivity index (χ4n) is 2.56. The van der Waals surface area contributed by atoms with Gasteiger partial charge in [0.05, 0.1) is 0 Å². The maximum atomic E-state index is 4.05. The molecular formula is C14H23ClN2. The number of pyridine rings is 1. The molecule has 0 radical (unpaired) electrons. The number of aromatic nitrogens is 1. The van der Waals surface area contributed by atoms with Crippen LogP contribution < -0.4 is 5.32 Å². The van der Waals surface area contributed by atoms with E-state index < -0.39 is 0 Å². The zero-order valence-electron chi connectivity index (χ0n) is 8.52. The molecule has 0 spiro atoms. The Morgan fingerprint density at radius 3 is 2.47 bits per heavy atom. The molecule has 1 aromatic heterocycles. The Morgan fingerprint density at radius 1 is 1.12 bits per heavy atom. The molecule has 1 fully saturated rings. The van der Waals surface area contributed by atoms with Crippen molar-refractivity contribution in [2.75, 3.05) is 13.1 Å². The number of nitrogens with one attached hydrogen (secondary N) is 1. The predicted molar refractivity (Wildman–Crippen MR) is 77.4 cm³/mol. The van der Waals surface area contributed by atoms with Crippen molar-refractivity contribution in [1.82, 2.24) is 10.3 Å². The van der Waals surface area contributed by atoms with Crippen molar-refractivity contribution < 1.29 is 0 Å². The average Bonchev–Trinajstić information content (AvgIpc) is 2.78. The fourth-order valence-corrected chi connectivity index (χ4v) is 2.56. The van der Waals surface area contributed by atoms with E-state index in [-0.39, 0.29) is 27.3 Å². The molecule has 1 saturated heterocycles. The van der Waals surface area contributed by atoms with E-state index >= 15 is 0 Å². The lowest BCUT2D eigenvalue weighted by Gasteiger charge is -2.05. The van der Waals surface area contributed by atoms with Crippen LogP contribution >= 0.6 is 12.4 Å². The van der Waals surface area contributed by atoms with E-state index in [1.165, 1.54) is 30.6 Å². The van der Waals surface area contributed by atoms with Gasteiger partial charge in [-0.1, -0.05) is 20.9 Å². The number of nitrogens with zero attached hydrogens (tertiary/aromatic N) is 1. The highest BCUT2D eigenvalue weighted by atomic mass is 35.5. The van der Waals surface area contributed by atoms with E-state index in [1.54, 1.807) is 0 Å². The molecule has 0 amide bonds. The first-order chi connectivity index (χ1) is 6.93. The molecule has 1 N–H and O–H groups in total. The van der Waals surface area contributed by atoms with Crippen LogP contribution in [0, 0.1) is 11.8 Å². The SMILES string of the molecule is C.C.C1=C(c2ccncc2)C[C@H]2CNC[C@@H]12.Cl. The first-order valence-corrected chi connectivity index (χ1v) is 5.25. The first kappa shape index (κ1) is 16.1. The molecule has 0 unspecified atom stereocenters. The molecule has 2 atom stereocenters. The third-order valence-corrected chi connectivity index (χ3v) is 3.34. The van der Waals surface area contributed by atoms with Gasteiger partial charge in [-0.15, -0.1) is 12.4 Å². The lowest BCUT2D eigenvalue weighted by molar-refractivity contribution is 0.536. The van der Waals surface area contributed by atoms with Crippen molar-refractivity contribution >= 4 is 18.0 Å². The van der Waals surface area contributed by atoms with Crippen molar-refractivity contribution in [3.63, 3.8) is 0 Å². The Morgan fingerprint density at radius 2 is 1.82 bits per heavy atom. The maximum absolute atomic E-state index is 4.05. The Kier molecular flexibility index (Phi) is 6.43. The molecule has 1 aliphatic carbocycles. The van der Waals surface area contributed by atoms with E-state index in [9.17, 15) is 0 Å². The standard InChI is InChI=1S/C12H14N2.2CH4.ClH/c1-3-13-4-2-9(1)10-5-11-7-14-8-12(11)6-10;;;/h1-5,11-12,14H,6-8H2;2*1H4;1H/t11-,12+;;;/m1.../s1. The second-order valence-corrected chi connectivity index (χ2v) is 4.21. The molecule has 3 heteroatoms. The molecule has 0 bridgehead atoms. The van der Waals surface area contributed by atoms with E-state index in [2.05, 4.69) is 28.5 Å². The van der Waals surface area contributed by atoms with Gasteiger partial charge in [-0.2, -0.15) is 0 Å². The van der Waals surface area contributed by atoms with E-state index in [0.717, 1.165) is 11.8 Å². The summed E-state index contributed by atoms with van der Waals surface area (Å²) in [6, 6.07) is 4.22. The highest BCUT2D eigenvalue weighted by Crippen LogP contribution is 2.37. The van der Waals surface area contributed by atoms with Crippen LogP contribution in [-0.4, -0.2) is 18.1 Å². The summed E-state index contributed by atoms with van der Waals surface area (Å²) in [5.41, 5.74) is 2.87. The van der Waals surface area contributed by atoms with Crippen LogP contribution in [0.5, 0.6) is 0 Å². The lowest BCUT2D eigenvalue weighted by Crippen LogP contribution is -2.09. The molecule has 17 heavy (non-hydrogen) atoms. The molecule has 0 saturated carbocycles. The molecule has 2 aliphatic rings. The average molecular weight is 255 g/mol. The molecule has 96 valence electrons. The summed E-state index contributed by atoms with van der Waals surface area (Å²) in [6.07, 6.45) is 7.44. The normalized spacial score (nSPS) is 24.8. The number of hydrogen-bond acceptors (Lipinski definition) is 2. The molecule has 1 aliphatic heterocycles. The highest BCUT2D eigenvalue weighted by Gasteiger charge is 2.31. The van der Waals surface area contributed by atoms with Gasteiger partial charge in [0.15, 0.2) is 0 Å². The summed E-state index contributed by atoms with van der Waals surface area (Å²) >= 11 is 0. The van der Waals surface area contributed by atoms with E-state index in [1.807, 2.05) is 12.4 Å². The number of hydrogen-bond donors (Lipinski definition) is 1. The molecule has 2 heterocycles. The minimum Gasteiger partial charge on any atom is -0.316 e. The number of rotatable bonds is 1. The van der Waals surface area contributed by atoms with Crippen molar-refractivity contribution in [3.05, 3.63) is 36.2 Å². The van der Waals surface area contributed by atoms with Gasteiger partial charge in [0.2, 0.25) is 0 Å². The van der Waals surface area contributed by atoms with E-state index in [4.69, 9.17) is 0 Å². The van der Waals surface area contributed by atoms with Gasteiger partial charge in [0.25, 0.3) is 0 Å². The van der Waals surface area contributed by atoms with Gasteiger partial charge in [-0.3, -0.25) is 4.98 Å². The quantitative estimate of drug-likeness (QED) is 0.831. The Hall–Kier alpha value is -0.860. The van der Waals surface area contributed by atoms with Gasteiger partial charge < -0.3 is 5.32 Å². The zero-order valence-corrected chi connectivity index (χ0v) is 9.33. The van der Waals surface area contributed by atoms with Crippen molar-refractivity contribution in [1.29, 1.82) is 0 Å². The summed E-state index contributed by atoms with van der Waals surface area (Å²) < 4.78 is 0. The molecule has 0 aromatic carbocycles. The van der Waals surface area contributed by atoms with Gasteiger partial charge in [0.1, 0.15) is 0 Å². The Labute approximate surface area is 111 Å². The topological polar surface area (TPSA) is 24.9 Å². The summed E-state index contributed by atoms with van der Waals surface area (Å²) in [4.78, 5) is 4.05. The van der Waals surface area contributed by atoms with Crippen LogP contribution in [0.3, 0.4) is 0 Å². The van der Waals surface area contributed by atoms with Crippen LogP contribution in [0.4, 0.5) is 0 Å². The predicted octanol–water partition coefficient (Wildman–Crippen LogP) is 3.40. The van der Waals surface area contributed by atoms with Gasteiger partial charge in [-0.25, -0.2) is 0 Å². The van der Waals surface area contributed by atoms with E-state index in [0.29, 0.717) is 0 Å². The van der Waals surface area contributed by atoms with Crippen LogP contribution in [-0.2, 0) is 0 Å². The Bertz CT molecular complexity index is 362. The largest absolute Gasteiger partial charge is 0.316 e. The monoisotopic (exact) mass is 254 g/mol. The van der Waals surface area contributed by atoms with Crippen molar-refractivity contribution in [2.45, 2.75) is 21.3 Å².